The van der Waals surface area contributed by atoms with Crippen molar-refractivity contribution in [3.63, 3.8) is 0 Å². The van der Waals surface area contributed by atoms with Gasteiger partial charge < -0.3 is 0 Å². The normalized spacial score (nSPS) is 8.67. The molecule has 0 aliphatic heterocycles. The zero-order valence-electron chi connectivity index (χ0n) is 10.4. The molecule has 0 N–H and O–H groups in total. The van der Waals surface area contributed by atoms with Crippen molar-refractivity contribution in [1.82, 2.24) is 19.6 Å². The zero-order valence-corrected chi connectivity index (χ0v) is 10.4. The number of hydrogen-bond acceptors (Lipinski definition) is 3. The van der Waals surface area contributed by atoms with Gasteiger partial charge in [-0.2, -0.15) is 5.10 Å². The van der Waals surface area contributed by atoms with Crippen molar-refractivity contribution in [1.29, 1.82) is 0 Å². The first kappa shape index (κ1) is 13.5. The van der Waals surface area contributed by atoms with Gasteiger partial charge in [0.15, 0.2) is 0 Å². The van der Waals surface area contributed by atoms with E-state index in [-0.39, 0.29) is 0 Å². The molecule has 2 aromatic heterocycles. The Hall–Kier alpha value is -1.45. The monoisotopic (exact) mass is 208 g/mol. The third-order valence-electron chi connectivity index (χ3n) is 1.70. The van der Waals surface area contributed by atoms with Gasteiger partial charge in [0.1, 0.15) is 18.2 Å². The molecular weight excluding hydrogens is 188 g/mol. The summed E-state index contributed by atoms with van der Waals surface area (Å²) in [5.41, 5.74) is 2.95. The fourth-order valence-corrected chi connectivity index (χ4v) is 1.17. The van der Waals surface area contributed by atoms with Crippen LogP contribution < -0.4 is 0 Å². The van der Waals surface area contributed by atoms with Gasteiger partial charge in [-0.25, -0.2) is 14.5 Å². The number of imidazole rings is 1. The standard InChI is InChI=1S/C7H8N4.2C2H6/c1-5-7-6(2)9-4-11(7)10-3-8-5;2*1-2/h3-4H,1-2H3;2*1-2H3. The molecule has 0 aliphatic carbocycles. The van der Waals surface area contributed by atoms with E-state index in [1.165, 1.54) is 6.33 Å². The Bertz CT molecular complexity index is 392. The molecular formula is C11H20N4. The number of aromatic nitrogens is 4. The van der Waals surface area contributed by atoms with E-state index in [1.54, 1.807) is 10.8 Å². The molecule has 2 rings (SSSR count). The van der Waals surface area contributed by atoms with Gasteiger partial charge in [-0.1, -0.05) is 27.7 Å². The van der Waals surface area contributed by atoms with Gasteiger partial charge in [0.25, 0.3) is 0 Å². The SMILES string of the molecule is CC.CC.Cc1ncnn2cnc(C)c12. The second-order valence-corrected chi connectivity index (χ2v) is 2.47. The van der Waals surface area contributed by atoms with Crippen LogP contribution in [0.15, 0.2) is 12.7 Å². The predicted molar refractivity (Wildman–Crippen MR) is 63.0 cm³/mol. The van der Waals surface area contributed by atoms with Crippen LogP contribution >= 0.6 is 0 Å². The van der Waals surface area contributed by atoms with E-state index >= 15 is 0 Å². The van der Waals surface area contributed by atoms with Crippen LogP contribution in [0.2, 0.25) is 0 Å². The molecule has 0 saturated carbocycles. The third kappa shape index (κ3) is 3.01. The molecule has 84 valence electrons. The lowest BCUT2D eigenvalue weighted by molar-refractivity contribution is 0.878. The molecule has 0 radical (unpaired) electrons. The average Bonchev–Trinajstić information content (AvgIpc) is 2.68. The van der Waals surface area contributed by atoms with Gasteiger partial charge in [-0.15, -0.1) is 0 Å². The first-order valence-electron chi connectivity index (χ1n) is 5.40. The van der Waals surface area contributed by atoms with Gasteiger partial charge in [0, 0.05) is 0 Å². The van der Waals surface area contributed by atoms with Crippen LogP contribution in [-0.4, -0.2) is 19.6 Å². The summed E-state index contributed by atoms with van der Waals surface area (Å²) in [5.74, 6) is 0. The molecule has 15 heavy (non-hydrogen) atoms. The van der Waals surface area contributed by atoms with Gasteiger partial charge in [-0.3, -0.25) is 0 Å². The van der Waals surface area contributed by atoms with Gasteiger partial charge in [0.2, 0.25) is 0 Å². The third-order valence-corrected chi connectivity index (χ3v) is 1.70. The second-order valence-electron chi connectivity index (χ2n) is 2.47. The fraction of sp³-hybridized carbons (Fsp3) is 0.545. The van der Waals surface area contributed by atoms with Crippen LogP contribution in [0.4, 0.5) is 0 Å². The molecule has 0 aliphatic rings. The summed E-state index contributed by atoms with van der Waals surface area (Å²) in [4.78, 5) is 8.19. The highest BCUT2D eigenvalue weighted by atomic mass is 15.3. The molecule has 0 aromatic carbocycles. The Morgan fingerprint density at radius 1 is 0.933 bits per heavy atom. The summed E-state index contributed by atoms with van der Waals surface area (Å²) < 4.78 is 1.73. The first-order chi connectivity index (χ1) is 7.29. The maximum absolute atomic E-state index is 4.12. The summed E-state index contributed by atoms with van der Waals surface area (Å²) in [6, 6.07) is 0. The number of hydrogen-bond donors (Lipinski definition) is 0. The largest absolute Gasteiger partial charge is 0.239 e. The molecule has 2 aromatic rings. The molecule has 0 fully saturated rings. The van der Waals surface area contributed by atoms with E-state index in [4.69, 9.17) is 0 Å². The van der Waals surface area contributed by atoms with Gasteiger partial charge in [0.05, 0.1) is 11.4 Å². The number of rotatable bonds is 0. The Morgan fingerprint density at radius 2 is 1.47 bits per heavy atom. The van der Waals surface area contributed by atoms with E-state index < -0.39 is 0 Å². The van der Waals surface area contributed by atoms with Crippen LogP contribution in [0, 0.1) is 13.8 Å². The Labute approximate surface area is 91.4 Å². The van der Waals surface area contributed by atoms with E-state index in [9.17, 15) is 0 Å². The second kappa shape index (κ2) is 6.92. The molecule has 4 heteroatoms. The molecule has 0 bridgehead atoms. The highest BCUT2D eigenvalue weighted by molar-refractivity contribution is 5.53. The smallest absolute Gasteiger partial charge is 0.136 e. The Balaban J connectivity index is 0.000000442. The average molecular weight is 208 g/mol. The number of nitrogens with zero attached hydrogens (tertiary/aromatic N) is 4. The minimum absolute atomic E-state index is 0.968. The molecule has 2 heterocycles. The fourth-order valence-electron chi connectivity index (χ4n) is 1.17. The highest BCUT2D eigenvalue weighted by Gasteiger charge is 2.02. The summed E-state index contributed by atoms with van der Waals surface area (Å²) in [6.07, 6.45) is 3.22. The van der Waals surface area contributed by atoms with E-state index in [0.717, 1.165) is 16.9 Å². The van der Waals surface area contributed by atoms with Gasteiger partial charge >= 0.3 is 0 Å². The summed E-state index contributed by atoms with van der Waals surface area (Å²) in [7, 11) is 0. The van der Waals surface area contributed by atoms with Crippen LogP contribution in [-0.2, 0) is 0 Å². The summed E-state index contributed by atoms with van der Waals surface area (Å²) in [5, 5.41) is 4.01. The van der Waals surface area contributed by atoms with Gasteiger partial charge in [-0.05, 0) is 13.8 Å². The maximum atomic E-state index is 4.12. The van der Waals surface area contributed by atoms with Crippen molar-refractivity contribution in [2.45, 2.75) is 41.5 Å². The minimum atomic E-state index is 0.968. The van der Waals surface area contributed by atoms with E-state index in [2.05, 4.69) is 15.1 Å². The Morgan fingerprint density at radius 3 is 2.00 bits per heavy atom. The quantitative estimate of drug-likeness (QED) is 0.668. The number of aryl methyl sites for hydroxylation is 2. The maximum Gasteiger partial charge on any atom is 0.136 e. The number of fused-ring (bicyclic) bond motifs is 1. The van der Waals surface area contributed by atoms with Crippen LogP contribution in [0.3, 0.4) is 0 Å². The molecule has 0 saturated heterocycles. The Kier molecular flexibility index (Phi) is 6.25. The lowest BCUT2D eigenvalue weighted by Gasteiger charge is -1.94. The topological polar surface area (TPSA) is 43.1 Å². The van der Waals surface area contributed by atoms with Crippen molar-refractivity contribution in [2.24, 2.45) is 0 Å². The zero-order chi connectivity index (χ0) is 11.8. The van der Waals surface area contributed by atoms with Crippen molar-refractivity contribution < 1.29 is 0 Å². The predicted octanol–water partition coefficient (Wildman–Crippen LogP) is 2.79. The highest BCUT2D eigenvalue weighted by Crippen LogP contribution is 2.08. The lowest BCUT2D eigenvalue weighted by atomic mass is 10.3. The molecule has 0 spiro atoms. The van der Waals surface area contributed by atoms with Crippen molar-refractivity contribution in [3.8, 4) is 0 Å². The molecule has 4 nitrogen and oxygen atoms in total. The van der Waals surface area contributed by atoms with Crippen LogP contribution in [0.5, 0.6) is 0 Å². The van der Waals surface area contributed by atoms with Crippen LogP contribution in [0.1, 0.15) is 39.1 Å². The molecule has 0 amide bonds. The van der Waals surface area contributed by atoms with Crippen molar-refractivity contribution in [3.05, 3.63) is 24.0 Å². The molecule has 0 atom stereocenters. The first-order valence-corrected chi connectivity index (χ1v) is 5.40. The van der Waals surface area contributed by atoms with Crippen LogP contribution in [0.25, 0.3) is 5.52 Å². The summed E-state index contributed by atoms with van der Waals surface area (Å²) >= 11 is 0. The molecule has 0 unspecified atom stereocenters. The van der Waals surface area contributed by atoms with E-state index in [1.807, 2.05) is 41.5 Å². The summed E-state index contributed by atoms with van der Waals surface area (Å²) in [6.45, 7) is 11.9. The van der Waals surface area contributed by atoms with E-state index in [0.29, 0.717) is 0 Å². The van der Waals surface area contributed by atoms with Crippen molar-refractivity contribution in [2.75, 3.05) is 0 Å². The lowest BCUT2D eigenvalue weighted by Crippen LogP contribution is -1.94. The minimum Gasteiger partial charge on any atom is -0.239 e. The van der Waals surface area contributed by atoms with Crippen molar-refractivity contribution >= 4 is 5.52 Å².